The smallest absolute Gasteiger partial charge is 0.211 e. The van der Waals surface area contributed by atoms with Gasteiger partial charge in [-0.1, -0.05) is 12.1 Å². The Kier molecular flexibility index (Phi) is 9.21. The molecule has 0 spiro atoms. The van der Waals surface area contributed by atoms with Crippen molar-refractivity contribution in [2.24, 2.45) is 0 Å². The third-order valence-electron chi connectivity index (χ3n) is 8.00. The van der Waals surface area contributed by atoms with Crippen molar-refractivity contribution in [1.29, 1.82) is 0 Å². The monoisotopic (exact) mass is 630 g/mol. The average Bonchev–Trinajstić information content (AvgIpc) is 3.62. The predicted molar refractivity (Wildman–Crippen MR) is 166 cm³/mol. The molecule has 13 nitrogen and oxygen atoms in total. The summed E-state index contributed by atoms with van der Waals surface area (Å²) < 4.78 is 34.0. The number of aryl methyl sites for hydroxylation is 1. The summed E-state index contributed by atoms with van der Waals surface area (Å²) in [5.74, 6) is 1.57. The Hall–Kier alpha value is -2.76. The van der Waals surface area contributed by atoms with Crippen LogP contribution in [0.2, 0.25) is 0 Å². The summed E-state index contributed by atoms with van der Waals surface area (Å²) >= 11 is 1.71. The molecule has 0 bridgehead atoms. The number of piperazine rings is 1. The zero-order valence-electron chi connectivity index (χ0n) is 24.2. The number of aromatic nitrogens is 4. The number of aliphatic hydroxyl groups excluding tert-OH is 1. The Morgan fingerprint density at radius 2 is 1.86 bits per heavy atom. The molecule has 4 aromatic rings. The summed E-state index contributed by atoms with van der Waals surface area (Å²) in [6.45, 7) is 6.65. The largest absolute Gasteiger partial charge is 0.378 e. The van der Waals surface area contributed by atoms with E-state index < -0.39 is 16.3 Å². The molecule has 232 valence electrons. The number of aliphatic hydroxyl groups is 1. The van der Waals surface area contributed by atoms with Gasteiger partial charge >= 0.3 is 0 Å². The highest BCUT2D eigenvalue weighted by atomic mass is 32.2. The quantitative estimate of drug-likeness (QED) is 0.127. The Balaban J connectivity index is 1.28. The summed E-state index contributed by atoms with van der Waals surface area (Å²) in [7, 11) is -3.17. The first-order chi connectivity index (χ1) is 20.8. The molecule has 0 radical (unpaired) electrons. The standard InChI is InChI=1S/C28H38N8O5S2/c1-43(39,40)36-11-9-33(10-12-36)18-20-17-24-26(42-20)28(34-13-15-41-16-14-34)30-27(29-24)21-5-4-6-23-22(21)19-35(31-23)8-3-2-7-25(37)32-38/h4-6,17,19,25,32,37-38H,2-3,7-16,18H2,1H3. The Labute approximate surface area is 254 Å². The van der Waals surface area contributed by atoms with Gasteiger partial charge in [0.25, 0.3) is 0 Å². The molecule has 43 heavy (non-hydrogen) atoms. The van der Waals surface area contributed by atoms with Gasteiger partial charge in [0.2, 0.25) is 10.0 Å². The molecular weight excluding hydrogens is 592 g/mol. The fraction of sp³-hybridized carbons (Fsp3) is 0.536. The highest BCUT2D eigenvalue weighted by Gasteiger charge is 2.25. The van der Waals surface area contributed by atoms with E-state index in [9.17, 15) is 13.5 Å². The van der Waals surface area contributed by atoms with Gasteiger partial charge in [-0.2, -0.15) is 14.9 Å². The van der Waals surface area contributed by atoms with Gasteiger partial charge in [0, 0.05) is 74.4 Å². The molecule has 6 rings (SSSR count). The minimum absolute atomic E-state index is 0.459. The number of hydrogen-bond acceptors (Lipinski definition) is 12. The van der Waals surface area contributed by atoms with E-state index in [4.69, 9.17) is 25.0 Å². The number of benzene rings is 1. The molecule has 3 N–H and O–H groups in total. The fourth-order valence-electron chi connectivity index (χ4n) is 5.67. The first-order valence-corrected chi connectivity index (χ1v) is 17.3. The van der Waals surface area contributed by atoms with Gasteiger partial charge < -0.3 is 20.0 Å². The second-order valence-electron chi connectivity index (χ2n) is 11.1. The number of ether oxygens (including phenoxy) is 1. The van der Waals surface area contributed by atoms with Gasteiger partial charge in [-0.15, -0.1) is 11.3 Å². The van der Waals surface area contributed by atoms with Crippen LogP contribution < -0.4 is 10.4 Å². The predicted octanol–water partition coefficient (Wildman–Crippen LogP) is 2.09. The molecule has 0 amide bonds. The van der Waals surface area contributed by atoms with Gasteiger partial charge in [-0.05, 0) is 31.4 Å². The van der Waals surface area contributed by atoms with Crippen molar-refractivity contribution in [2.75, 3.05) is 63.6 Å². The van der Waals surface area contributed by atoms with Crippen molar-refractivity contribution in [3.05, 3.63) is 35.3 Å². The third-order valence-corrected chi connectivity index (χ3v) is 10.4. The van der Waals surface area contributed by atoms with E-state index in [1.54, 1.807) is 15.6 Å². The van der Waals surface area contributed by atoms with Crippen LogP contribution in [0.4, 0.5) is 5.82 Å². The normalized spacial score (nSPS) is 18.2. The van der Waals surface area contributed by atoms with Crippen LogP contribution in [0.1, 0.15) is 24.1 Å². The number of hydrogen-bond donors (Lipinski definition) is 3. The van der Waals surface area contributed by atoms with E-state index in [2.05, 4.69) is 15.9 Å². The number of morpholine rings is 1. The zero-order valence-corrected chi connectivity index (χ0v) is 25.9. The van der Waals surface area contributed by atoms with Crippen molar-refractivity contribution in [2.45, 2.75) is 38.6 Å². The molecule has 2 fully saturated rings. The molecule has 1 atom stereocenters. The second-order valence-corrected chi connectivity index (χ2v) is 14.2. The van der Waals surface area contributed by atoms with Crippen molar-refractivity contribution in [3.8, 4) is 11.4 Å². The lowest BCUT2D eigenvalue weighted by Crippen LogP contribution is -2.47. The fourth-order valence-corrected chi connectivity index (χ4v) is 7.65. The zero-order chi connectivity index (χ0) is 30.0. The first-order valence-electron chi connectivity index (χ1n) is 14.6. The average molecular weight is 631 g/mol. The van der Waals surface area contributed by atoms with Crippen LogP contribution >= 0.6 is 11.3 Å². The Morgan fingerprint density at radius 1 is 1.07 bits per heavy atom. The van der Waals surface area contributed by atoms with Crippen molar-refractivity contribution >= 4 is 48.3 Å². The van der Waals surface area contributed by atoms with Crippen molar-refractivity contribution < 1.29 is 23.5 Å². The van der Waals surface area contributed by atoms with Crippen LogP contribution in [0, 0.1) is 0 Å². The lowest BCUT2D eigenvalue weighted by atomic mass is 10.1. The number of nitrogens with zero attached hydrogens (tertiary/aromatic N) is 7. The van der Waals surface area contributed by atoms with E-state index in [1.807, 2.05) is 34.6 Å². The van der Waals surface area contributed by atoms with Crippen LogP contribution in [0.25, 0.3) is 32.5 Å². The number of anilines is 1. The van der Waals surface area contributed by atoms with E-state index >= 15 is 0 Å². The molecule has 3 aromatic heterocycles. The number of fused-ring (bicyclic) bond motifs is 2. The SMILES string of the molecule is CS(=O)(=O)N1CCN(Cc2cc3nc(-c4cccc5nn(CCCCC(O)NO)cc45)nc(N4CCOCC4)c3s2)CC1. The van der Waals surface area contributed by atoms with Gasteiger partial charge in [0.15, 0.2) is 11.6 Å². The molecule has 0 aliphatic carbocycles. The maximum Gasteiger partial charge on any atom is 0.211 e. The van der Waals surface area contributed by atoms with Gasteiger partial charge in [0.05, 0.1) is 35.2 Å². The third kappa shape index (κ3) is 6.99. The minimum atomic E-state index is -3.17. The Bertz CT molecular complexity index is 1660. The first kappa shape index (κ1) is 30.3. The van der Waals surface area contributed by atoms with Crippen LogP contribution in [-0.4, -0.2) is 113 Å². The Morgan fingerprint density at radius 3 is 2.60 bits per heavy atom. The van der Waals surface area contributed by atoms with Gasteiger partial charge in [-0.3, -0.25) is 9.58 Å². The van der Waals surface area contributed by atoms with Crippen LogP contribution in [0.3, 0.4) is 0 Å². The maximum absolute atomic E-state index is 11.9. The van der Waals surface area contributed by atoms with Crippen LogP contribution in [0.5, 0.6) is 0 Å². The summed E-state index contributed by atoms with van der Waals surface area (Å²) in [6.07, 6.45) is 4.40. The molecule has 2 saturated heterocycles. The number of hydroxylamine groups is 1. The number of sulfonamides is 1. The molecule has 0 saturated carbocycles. The minimum Gasteiger partial charge on any atom is -0.378 e. The van der Waals surface area contributed by atoms with Gasteiger partial charge in [0.1, 0.15) is 6.23 Å². The molecule has 5 heterocycles. The summed E-state index contributed by atoms with van der Waals surface area (Å²) in [5, 5.41) is 24.1. The summed E-state index contributed by atoms with van der Waals surface area (Å²) in [5.41, 5.74) is 4.56. The summed E-state index contributed by atoms with van der Waals surface area (Å²) in [4.78, 5) is 16.0. The maximum atomic E-state index is 11.9. The van der Waals surface area contributed by atoms with Crippen molar-refractivity contribution in [1.82, 2.24) is 34.4 Å². The number of rotatable bonds is 11. The topological polar surface area (TPSA) is 149 Å². The lowest BCUT2D eigenvalue weighted by molar-refractivity contribution is -0.00402. The van der Waals surface area contributed by atoms with Crippen LogP contribution in [0.15, 0.2) is 30.5 Å². The van der Waals surface area contributed by atoms with Gasteiger partial charge in [-0.25, -0.2) is 18.4 Å². The van der Waals surface area contributed by atoms with E-state index in [-0.39, 0.29) is 0 Å². The molecule has 2 aliphatic rings. The molecule has 1 unspecified atom stereocenters. The van der Waals surface area contributed by atoms with E-state index in [0.29, 0.717) is 58.2 Å². The second kappa shape index (κ2) is 13.1. The molecule has 15 heteroatoms. The molecule has 2 aliphatic heterocycles. The number of thiophene rings is 1. The number of unbranched alkanes of at least 4 members (excludes halogenated alkanes) is 1. The number of nitrogens with one attached hydrogen (secondary N) is 1. The van der Waals surface area contributed by atoms with E-state index in [0.717, 1.165) is 65.0 Å². The van der Waals surface area contributed by atoms with Crippen molar-refractivity contribution in [3.63, 3.8) is 0 Å². The summed E-state index contributed by atoms with van der Waals surface area (Å²) in [6, 6.07) is 8.16. The van der Waals surface area contributed by atoms with Crippen LogP contribution in [-0.2, 0) is 27.8 Å². The highest BCUT2D eigenvalue weighted by molar-refractivity contribution is 7.88. The molecule has 1 aromatic carbocycles. The van der Waals surface area contributed by atoms with E-state index in [1.165, 1.54) is 11.1 Å². The lowest BCUT2D eigenvalue weighted by Gasteiger charge is -2.32. The molecular formula is C28H38N8O5S2. The highest BCUT2D eigenvalue weighted by Crippen LogP contribution is 2.36.